The Morgan fingerprint density at radius 1 is 1.09 bits per heavy atom. The first-order chi connectivity index (χ1) is 11.0. The van der Waals surface area contributed by atoms with E-state index in [1.54, 1.807) is 14.2 Å². The molecule has 1 aromatic carbocycles. The van der Waals surface area contributed by atoms with Crippen molar-refractivity contribution < 1.29 is 14.3 Å². The average molecular weight is 317 g/mol. The first-order valence-electron chi connectivity index (χ1n) is 8.52. The molecular weight excluding hydrogens is 290 g/mol. The molecule has 1 aliphatic carbocycles. The Bertz CT molecular complexity index is 584. The molecule has 1 saturated heterocycles. The van der Waals surface area contributed by atoms with Crippen LogP contribution in [-0.2, 0) is 10.2 Å². The van der Waals surface area contributed by atoms with E-state index in [1.165, 1.54) is 6.42 Å². The van der Waals surface area contributed by atoms with Crippen molar-refractivity contribution in [3.05, 3.63) is 23.8 Å². The molecule has 23 heavy (non-hydrogen) atoms. The minimum Gasteiger partial charge on any atom is -0.493 e. The fourth-order valence-electron chi connectivity index (χ4n) is 4.02. The molecule has 1 saturated carbocycles. The van der Waals surface area contributed by atoms with Gasteiger partial charge in [-0.2, -0.15) is 0 Å². The van der Waals surface area contributed by atoms with Gasteiger partial charge in [0.15, 0.2) is 11.5 Å². The molecule has 0 aromatic heterocycles. The third kappa shape index (κ3) is 2.91. The first-order valence-corrected chi connectivity index (χ1v) is 8.52. The second-order valence-corrected chi connectivity index (χ2v) is 7.31. The van der Waals surface area contributed by atoms with Crippen molar-refractivity contribution in [2.24, 2.45) is 11.8 Å². The number of carbonyl (C=O) groups excluding carboxylic acids is 1. The smallest absolute Gasteiger partial charge is 0.233 e. The number of rotatable bonds is 4. The van der Waals surface area contributed by atoms with Crippen molar-refractivity contribution in [1.29, 1.82) is 0 Å². The highest BCUT2D eigenvalue weighted by Crippen LogP contribution is 2.51. The summed E-state index contributed by atoms with van der Waals surface area (Å²) in [6, 6.07) is 5.90. The summed E-state index contributed by atoms with van der Waals surface area (Å²) in [7, 11) is 3.27. The van der Waals surface area contributed by atoms with Gasteiger partial charge in [0.1, 0.15) is 0 Å². The summed E-state index contributed by atoms with van der Waals surface area (Å²) >= 11 is 0. The van der Waals surface area contributed by atoms with Gasteiger partial charge in [-0.3, -0.25) is 4.79 Å². The van der Waals surface area contributed by atoms with Gasteiger partial charge in [0.2, 0.25) is 5.91 Å². The molecule has 4 nitrogen and oxygen atoms in total. The quantitative estimate of drug-likeness (QED) is 0.856. The van der Waals surface area contributed by atoms with Gasteiger partial charge in [0.25, 0.3) is 0 Å². The fourth-order valence-corrected chi connectivity index (χ4v) is 4.02. The van der Waals surface area contributed by atoms with Crippen LogP contribution in [0.4, 0.5) is 0 Å². The monoisotopic (exact) mass is 317 g/mol. The van der Waals surface area contributed by atoms with Crippen LogP contribution in [0, 0.1) is 11.8 Å². The fraction of sp³-hybridized carbons (Fsp3) is 0.632. The predicted molar refractivity (Wildman–Crippen MR) is 90.0 cm³/mol. The number of nitrogens with zero attached hydrogens (tertiary/aromatic N) is 1. The number of benzene rings is 1. The van der Waals surface area contributed by atoms with Crippen LogP contribution in [0.15, 0.2) is 18.2 Å². The van der Waals surface area contributed by atoms with Gasteiger partial charge in [-0.05, 0) is 48.8 Å². The molecule has 0 spiro atoms. The maximum atomic E-state index is 13.2. The highest BCUT2D eigenvalue weighted by Gasteiger charge is 2.53. The molecule has 2 fully saturated rings. The third-order valence-electron chi connectivity index (χ3n) is 5.25. The zero-order chi connectivity index (χ0) is 16.6. The molecule has 0 N–H and O–H groups in total. The topological polar surface area (TPSA) is 38.8 Å². The lowest BCUT2D eigenvalue weighted by Crippen LogP contribution is -2.47. The van der Waals surface area contributed by atoms with Crippen molar-refractivity contribution in [3.63, 3.8) is 0 Å². The number of piperidine rings is 1. The number of ether oxygens (including phenoxy) is 2. The SMILES string of the molecule is COc1ccc(C2(C(=O)N3CC(C)CC(C)C3)CC2)cc1OC. The molecule has 126 valence electrons. The Kier molecular flexibility index (Phi) is 4.26. The molecule has 1 aromatic rings. The predicted octanol–water partition coefficient (Wildman–Crippen LogP) is 3.24. The highest BCUT2D eigenvalue weighted by molar-refractivity contribution is 5.91. The van der Waals surface area contributed by atoms with Crippen molar-refractivity contribution in [2.75, 3.05) is 27.3 Å². The van der Waals surface area contributed by atoms with Crippen molar-refractivity contribution in [1.82, 2.24) is 4.90 Å². The minimum atomic E-state index is -0.337. The van der Waals surface area contributed by atoms with Gasteiger partial charge >= 0.3 is 0 Å². The van der Waals surface area contributed by atoms with Crippen LogP contribution in [0.2, 0.25) is 0 Å². The summed E-state index contributed by atoms with van der Waals surface area (Å²) in [6.45, 7) is 6.26. The highest BCUT2D eigenvalue weighted by atomic mass is 16.5. The van der Waals surface area contributed by atoms with Crippen LogP contribution in [0.1, 0.15) is 38.7 Å². The van der Waals surface area contributed by atoms with Gasteiger partial charge in [-0.25, -0.2) is 0 Å². The van der Waals surface area contributed by atoms with E-state index in [0.717, 1.165) is 31.5 Å². The maximum absolute atomic E-state index is 13.2. The molecular formula is C19H27NO3. The number of likely N-dealkylation sites (tertiary alicyclic amines) is 1. The molecule has 0 radical (unpaired) electrons. The minimum absolute atomic E-state index is 0.295. The van der Waals surface area contributed by atoms with E-state index in [2.05, 4.69) is 18.7 Å². The number of hydrogen-bond donors (Lipinski definition) is 0. The maximum Gasteiger partial charge on any atom is 0.233 e. The van der Waals surface area contributed by atoms with Crippen LogP contribution >= 0.6 is 0 Å². The Labute approximate surface area is 138 Å². The molecule has 2 aliphatic rings. The van der Waals surface area contributed by atoms with E-state index in [1.807, 2.05) is 18.2 Å². The third-order valence-corrected chi connectivity index (χ3v) is 5.25. The van der Waals surface area contributed by atoms with Gasteiger partial charge < -0.3 is 14.4 Å². The van der Waals surface area contributed by atoms with Gasteiger partial charge in [-0.1, -0.05) is 19.9 Å². The molecule has 3 rings (SSSR count). The molecule has 4 heteroatoms. The average Bonchev–Trinajstić information content (AvgIpc) is 3.34. The van der Waals surface area contributed by atoms with E-state index in [9.17, 15) is 4.79 Å². The second kappa shape index (κ2) is 6.06. The normalized spacial score (nSPS) is 25.8. The van der Waals surface area contributed by atoms with Crippen LogP contribution < -0.4 is 9.47 Å². The van der Waals surface area contributed by atoms with Crippen LogP contribution in [-0.4, -0.2) is 38.1 Å². The lowest BCUT2D eigenvalue weighted by Gasteiger charge is -2.37. The second-order valence-electron chi connectivity index (χ2n) is 7.31. The van der Waals surface area contributed by atoms with Crippen LogP contribution in [0.3, 0.4) is 0 Å². The Morgan fingerprint density at radius 2 is 1.70 bits per heavy atom. The van der Waals surface area contributed by atoms with Crippen molar-refractivity contribution >= 4 is 5.91 Å². The summed E-state index contributed by atoms with van der Waals surface area (Å²) in [4.78, 5) is 15.3. The van der Waals surface area contributed by atoms with Crippen LogP contribution in [0.5, 0.6) is 11.5 Å². The van der Waals surface area contributed by atoms with Crippen molar-refractivity contribution in [3.8, 4) is 11.5 Å². The summed E-state index contributed by atoms with van der Waals surface area (Å²) < 4.78 is 10.7. The number of methoxy groups -OCH3 is 2. The number of hydrogen-bond acceptors (Lipinski definition) is 3. The summed E-state index contributed by atoms with van der Waals surface area (Å²) in [5, 5.41) is 0. The van der Waals surface area contributed by atoms with Gasteiger partial charge in [0, 0.05) is 13.1 Å². The zero-order valence-corrected chi connectivity index (χ0v) is 14.6. The summed E-state index contributed by atoms with van der Waals surface area (Å²) in [5.74, 6) is 2.88. The van der Waals surface area contributed by atoms with E-state index >= 15 is 0 Å². The number of carbonyl (C=O) groups is 1. The van der Waals surface area contributed by atoms with Gasteiger partial charge in [0.05, 0.1) is 19.6 Å². The Hall–Kier alpha value is -1.71. The standard InChI is InChI=1S/C19H27NO3/c1-13-9-14(2)12-20(11-13)18(21)19(7-8-19)15-5-6-16(22-3)17(10-15)23-4/h5-6,10,13-14H,7-9,11-12H2,1-4H3. The molecule has 2 unspecified atom stereocenters. The zero-order valence-electron chi connectivity index (χ0n) is 14.6. The largest absolute Gasteiger partial charge is 0.493 e. The van der Waals surface area contributed by atoms with E-state index < -0.39 is 0 Å². The van der Waals surface area contributed by atoms with Gasteiger partial charge in [-0.15, -0.1) is 0 Å². The van der Waals surface area contributed by atoms with Crippen molar-refractivity contribution in [2.45, 2.75) is 38.5 Å². The summed E-state index contributed by atoms with van der Waals surface area (Å²) in [6.07, 6.45) is 3.08. The Morgan fingerprint density at radius 3 is 2.22 bits per heavy atom. The molecule has 0 bridgehead atoms. The van der Waals surface area contributed by atoms with Crippen LogP contribution in [0.25, 0.3) is 0 Å². The molecule has 1 aliphatic heterocycles. The lowest BCUT2D eigenvalue weighted by atomic mass is 9.88. The summed E-state index contributed by atoms with van der Waals surface area (Å²) in [5.41, 5.74) is 0.724. The van der Waals surface area contributed by atoms with E-state index in [0.29, 0.717) is 29.2 Å². The lowest BCUT2D eigenvalue weighted by molar-refractivity contribution is -0.136. The molecule has 2 atom stereocenters. The Balaban J connectivity index is 1.85. The van der Waals surface area contributed by atoms with E-state index in [4.69, 9.17) is 9.47 Å². The molecule has 1 amide bonds. The first kappa shape index (κ1) is 16.2. The number of amides is 1. The van der Waals surface area contributed by atoms with E-state index in [-0.39, 0.29) is 5.41 Å². The molecule has 1 heterocycles.